The molecule has 3 nitrogen and oxygen atoms in total. The number of ether oxygens (including phenoxy) is 1. The van der Waals surface area contributed by atoms with Gasteiger partial charge in [-0.3, -0.25) is 4.90 Å². The average molecular weight is 240 g/mol. The van der Waals surface area contributed by atoms with Crippen LogP contribution < -0.4 is 5.73 Å². The number of nitrogens with zero attached hydrogens (tertiary/aromatic N) is 1. The molecule has 2 fully saturated rings. The van der Waals surface area contributed by atoms with Crippen molar-refractivity contribution in [2.45, 2.75) is 57.6 Å². The molecule has 0 radical (unpaired) electrons. The van der Waals surface area contributed by atoms with Crippen molar-refractivity contribution in [3.8, 4) is 0 Å². The molecule has 2 rings (SSSR count). The predicted molar refractivity (Wildman–Crippen MR) is 71.0 cm³/mol. The van der Waals surface area contributed by atoms with Gasteiger partial charge in [-0.25, -0.2) is 0 Å². The van der Waals surface area contributed by atoms with Crippen molar-refractivity contribution in [3.63, 3.8) is 0 Å². The van der Waals surface area contributed by atoms with E-state index in [4.69, 9.17) is 10.5 Å². The molecule has 0 aromatic carbocycles. The zero-order valence-corrected chi connectivity index (χ0v) is 11.5. The standard InChI is InChI=1S/C14H28N2O/c1-3-7-14(11-15,12-5-6-12)16-8-9-17-13(4-2)10-16/h12-13H,3-11,15H2,1-2H3. The number of hydrogen-bond acceptors (Lipinski definition) is 3. The first-order chi connectivity index (χ1) is 8.26. The molecule has 0 aromatic heterocycles. The van der Waals surface area contributed by atoms with Gasteiger partial charge >= 0.3 is 0 Å². The first kappa shape index (κ1) is 13.3. The molecule has 0 aromatic rings. The SMILES string of the molecule is CCCC(CN)(C1CC1)N1CCOC(CC)C1. The maximum absolute atomic E-state index is 6.17. The van der Waals surface area contributed by atoms with E-state index >= 15 is 0 Å². The van der Waals surface area contributed by atoms with E-state index in [9.17, 15) is 0 Å². The van der Waals surface area contributed by atoms with Crippen molar-refractivity contribution in [3.05, 3.63) is 0 Å². The topological polar surface area (TPSA) is 38.5 Å². The number of hydrogen-bond donors (Lipinski definition) is 1. The highest BCUT2D eigenvalue weighted by Crippen LogP contribution is 2.45. The molecule has 2 N–H and O–H groups in total. The van der Waals surface area contributed by atoms with E-state index in [0.29, 0.717) is 6.10 Å². The molecule has 2 aliphatic rings. The second-order valence-electron chi connectivity index (χ2n) is 5.68. The van der Waals surface area contributed by atoms with E-state index in [1.54, 1.807) is 0 Å². The van der Waals surface area contributed by atoms with Gasteiger partial charge in [0.15, 0.2) is 0 Å². The van der Waals surface area contributed by atoms with E-state index in [1.165, 1.54) is 25.7 Å². The molecule has 1 heterocycles. The Kier molecular flexibility index (Phi) is 4.45. The van der Waals surface area contributed by atoms with Gasteiger partial charge < -0.3 is 10.5 Å². The van der Waals surface area contributed by atoms with Gasteiger partial charge in [-0.1, -0.05) is 20.3 Å². The van der Waals surface area contributed by atoms with E-state index < -0.39 is 0 Å². The summed E-state index contributed by atoms with van der Waals surface area (Å²) >= 11 is 0. The van der Waals surface area contributed by atoms with Crippen LogP contribution in [0.4, 0.5) is 0 Å². The largest absolute Gasteiger partial charge is 0.376 e. The lowest BCUT2D eigenvalue weighted by Gasteiger charge is -2.47. The lowest BCUT2D eigenvalue weighted by molar-refractivity contribution is -0.0776. The normalized spacial score (nSPS) is 30.2. The Morgan fingerprint density at radius 2 is 2.12 bits per heavy atom. The Labute approximate surface area is 106 Å². The fourth-order valence-electron chi connectivity index (χ4n) is 3.44. The number of morpholine rings is 1. The molecule has 3 heteroatoms. The van der Waals surface area contributed by atoms with Crippen molar-refractivity contribution in [1.82, 2.24) is 4.90 Å². The Morgan fingerprint density at radius 1 is 1.35 bits per heavy atom. The van der Waals surface area contributed by atoms with E-state index in [1.807, 2.05) is 0 Å². The summed E-state index contributed by atoms with van der Waals surface area (Å²) in [4.78, 5) is 2.66. The van der Waals surface area contributed by atoms with Crippen molar-refractivity contribution in [2.24, 2.45) is 11.7 Å². The first-order valence-corrected chi connectivity index (χ1v) is 7.33. The highest BCUT2D eigenvalue weighted by atomic mass is 16.5. The van der Waals surface area contributed by atoms with Gasteiger partial charge in [0.05, 0.1) is 12.7 Å². The quantitative estimate of drug-likeness (QED) is 0.772. The molecule has 17 heavy (non-hydrogen) atoms. The van der Waals surface area contributed by atoms with E-state index in [0.717, 1.165) is 38.6 Å². The van der Waals surface area contributed by atoms with Crippen molar-refractivity contribution >= 4 is 0 Å². The van der Waals surface area contributed by atoms with Crippen LogP contribution in [0.25, 0.3) is 0 Å². The Bertz CT molecular complexity index is 242. The second-order valence-corrected chi connectivity index (χ2v) is 5.68. The third-order valence-corrected chi connectivity index (χ3v) is 4.60. The average Bonchev–Trinajstić information content (AvgIpc) is 3.21. The third kappa shape index (κ3) is 2.67. The van der Waals surface area contributed by atoms with Gasteiger partial charge in [-0.2, -0.15) is 0 Å². The minimum absolute atomic E-state index is 0.284. The molecule has 1 aliphatic heterocycles. The van der Waals surface area contributed by atoms with Crippen molar-refractivity contribution < 1.29 is 4.74 Å². The van der Waals surface area contributed by atoms with Gasteiger partial charge in [0, 0.05) is 25.2 Å². The fraction of sp³-hybridized carbons (Fsp3) is 1.00. The summed E-state index contributed by atoms with van der Waals surface area (Å²) in [5.41, 5.74) is 6.45. The van der Waals surface area contributed by atoms with E-state index in [-0.39, 0.29) is 5.54 Å². The summed E-state index contributed by atoms with van der Waals surface area (Å²) in [5, 5.41) is 0. The molecule has 1 saturated heterocycles. The zero-order valence-electron chi connectivity index (χ0n) is 11.5. The molecule has 2 unspecified atom stereocenters. The second kappa shape index (κ2) is 5.68. The lowest BCUT2D eigenvalue weighted by atomic mass is 9.85. The molecule has 1 aliphatic carbocycles. The van der Waals surface area contributed by atoms with Crippen LogP contribution in [-0.4, -0.2) is 42.8 Å². The summed E-state index contributed by atoms with van der Waals surface area (Å²) in [6, 6.07) is 0. The Hall–Kier alpha value is -0.120. The maximum Gasteiger partial charge on any atom is 0.0700 e. The van der Waals surface area contributed by atoms with E-state index in [2.05, 4.69) is 18.7 Å². The molecule has 0 amide bonds. The lowest BCUT2D eigenvalue weighted by Crippen LogP contribution is -2.60. The van der Waals surface area contributed by atoms with Crippen LogP contribution in [0, 0.1) is 5.92 Å². The summed E-state index contributed by atoms with van der Waals surface area (Å²) in [5.74, 6) is 0.850. The highest BCUT2D eigenvalue weighted by Gasteiger charge is 2.48. The van der Waals surface area contributed by atoms with Crippen molar-refractivity contribution in [1.29, 1.82) is 0 Å². The van der Waals surface area contributed by atoms with Crippen LogP contribution in [-0.2, 0) is 4.74 Å². The highest BCUT2D eigenvalue weighted by molar-refractivity contribution is 5.04. The summed E-state index contributed by atoms with van der Waals surface area (Å²) in [6.45, 7) is 8.37. The molecule has 0 bridgehead atoms. The summed E-state index contributed by atoms with van der Waals surface area (Å²) < 4.78 is 5.79. The van der Waals surface area contributed by atoms with Crippen LogP contribution >= 0.6 is 0 Å². The van der Waals surface area contributed by atoms with Crippen LogP contribution in [0.1, 0.15) is 46.0 Å². The predicted octanol–water partition coefficient (Wildman–Crippen LogP) is 2.00. The van der Waals surface area contributed by atoms with Crippen LogP contribution in [0.3, 0.4) is 0 Å². The molecule has 100 valence electrons. The van der Waals surface area contributed by atoms with Crippen LogP contribution in [0.2, 0.25) is 0 Å². The summed E-state index contributed by atoms with van der Waals surface area (Å²) in [7, 11) is 0. The molecule has 0 spiro atoms. The smallest absolute Gasteiger partial charge is 0.0700 e. The minimum atomic E-state index is 0.284. The molecule has 2 atom stereocenters. The number of nitrogens with two attached hydrogens (primary N) is 1. The van der Waals surface area contributed by atoms with Gasteiger partial charge in [0.25, 0.3) is 0 Å². The Morgan fingerprint density at radius 3 is 2.65 bits per heavy atom. The van der Waals surface area contributed by atoms with Crippen LogP contribution in [0.5, 0.6) is 0 Å². The van der Waals surface area contributed by atoms with Gasteiger partial charge in [-0.05, 0) is 31.6 Å². The summed E-state index contributed by atoms with van der Waals surface area (Å²) in [6.07, 6.45) is 6.79. The fourth-order valence-corrected chi connectivity index (χ4v) is 3.44. The zero-order chi connectivity index (χ0) is 12.3. The molecular formula is C14H28N2O. The van der Waals surface area contributed by atoms with Gasteiger partial charge in [-0.15, -0.1) is 0 Å². The molecule has 1 saturated carbocycles. The van der Waals surface area contributed by atoms with Gasteiger partial charge in [0.2, 0.25) is 0 Å². The molecular weight excluding hydrogens is 212 g/mol. The Balaban J connectivity index is 2.08. The van der Waals surface area contributed by atoms with Crippen LogP contribution in [0.15, 0.2) is 0 Å². The third-order valence-electron chi connectivity index (χ3n) is 4.60. The first-order valence-electron chi connectivity index (χ1n) is 7.33. The maximum atomic E-state index is 6.17. The monoisotopic (exact) mass is 240 g/mol. The number of rotatable bonds is 6. The van der Waals surface area contributed by atoms with Crippen molar-refractivity contribution in [2.75, 3.05) is 26.2 Å². The van der Waals surface area contributed by atoms with Gasteiger partial charge in [0.1, 0.15) is 0 Å². The minimum Gasteiger partial charge on any atom is -0.376 e.